The topological polar surface area (TPSA) is 15.3 Å². The van der Waals surface area contributed by atoms with Crippen LogP contribution in [0, 0.1) is 0 Å². The number of hydrogen-bond donors (Lipinski definition) is 1. The van der Waals surface area contributed by atoms with E-state index in [9.17, 15) is 0 Å². The van der Waals surface area contributed by atoms with E-state index >= 15 is 0 Å². The number of nitrogens with one attached hydrogen (secondary N) is 1. The fourth-order valence-electron chi connectivity index (χ4n) is 3.34. The minimum Gasteiger partial charge on any atom is -0.312 e. The van der Waals surface area contributed by atoms with Gasteiger partial charge < -0.3 is 5.32 Å². The molecule has 1 aromatic heterocycles. The summed E-state index contributed by atoms with van der Waals surface area (Å²) in [5.41, 5.74) is 1.59. The first-order valence-electron chi connectivity index (χ1n) is 7.85. The first kappa shape index (κ1) is 13.6. The zero-order chi connectivity index (χ0) is 13.2. The lowest BCUT2D eigenvalue weighted by Crippen LogP contribution is -2.46. The van der Waals surface area contributed by atoms with Crippen LogP contribution in [0.1, 0.15) is 56.0 Å². The Hall–Kier alpha value is -0.380. The molecule has 3 heteroatoms. The maximum Gasteiger partial charge on any atom is 0.0334 e. The van der Waals surface area contributed by atoms with Crippen LogP contribution in [0.2, 0.25) is 0 Å². The lowest BCUT2D eigenvalue weighted by Gasteiger charge is -2.40. The fraction of sp³-hybridized carbons (Fsp3) is 0.750. The molecule has 0 saturated heterocycles. The van der Waals surface area contributed by atoms with Gasteiger partial charge in [0.2, 0.25) is 0 Å². The van der Waals surface area contributed by atoms with Gasteiger partial charge in [-0.3, -0.25) is 4.90 Å². The number of rotatable bonds is 6. The van der Waals surface area contributed by atoms with Crippen LogP contribution in [0.5, 0.6) is 0 Å². The summed E-state index contributed by atoms with van der Waals surface area (Å²) in [6.07, 6.45) is 6.65. The van der Waals surface area contributed by atoms with E-state index in [1.54, 1.807) is 10.4 Å². The number of hydrogen-bond acceptors (Lipinski definition) is 3. The Morgan fingerprint density at radius 3 is 3.05 bits per heavy atom. The van der Waals surface area contributed by atoms with Crippen molar-refractivity contribution in [3.63, 3.8) is 0 Å². The van der Waals surface area contributed by atoms with Gasteiger partial charge in [0.15, 0.2) is 0 Å². The first-order chi connectivity index (χ1) is 9.29. The van der Waals surface area contributed by atoms with Crippen LogP contribution in [0.3, 0.4) is 0 Å². The van der Waals surface area contributed by atoms with Crippen molar-refractivity contribution >= 4 is 11.3 Å². The molecule has 2 atom stereocenters. The summed E-state index contributed by atoms with van der Waals surface area (Å²) in [6.45, 7) is 7.13. The van der Waals surface area contributed by atoms with Gasteiger partial charge in [-0.25, -0.2) is 0 Å². The van der Waals surface area contributed by atoms with Gasteiger partial charge in [0, 0.05) is 36.1 Å². The normalized spacial score (nSPS) is 25.3. The van der Waals surface area contributed by atoms with E-state index in [0.29, 0.717) is 12.1 Å². The predicted molar refractivity (Wildman–Crippen MR) is 82.9 cm³/mol. The minimum absolute atomic E-state index is 0.604. The largest absolute Gasteiger partial charge is 0.312 e. The van der Waals surface area contributed by atoms with Crippen molar-refractivity contribution in [2.75, 3.05) is 13.1 Å². The highest BCUT2D eigenvalue weighted by atomic mass is 32.1. The van der Waals surface area contributed by atoms with Crippen molar-refractivity contribution < 1.29 is 0 Å². The highest BCUT2D eigenvalue weighted by molar-refractivity contribution is 7.10. The molecule has 2 unspecified atom stereocenters. The molecule has 0 aromatic carbocycles. The highest BCUT2D eigenvalue weighted by Gasteiger charge is 2.30. The molecule has 106 valence electrons. The summed E-state index contributed by atoms with van der Waals surface area (Å²) in [7, 11) is 0. The Morgan fingerprint density at radius 2 is 2.32 bits per heavy atom. The fourth-order valence-corrected chi connectivity index (χ4v) is 4.30. The lowest BCUT2D eigenvalue weighted by molar-refractivity contribution is 0.124. The van der Waals surface area contributed by atoms with Gasteiger partial charge in [-0.05, 0) is 49.6 Å². The van der Waals surface area contributed by atoms with Crippen molar-refractivity contribution in [1.82, 2.24) is 10.2 Å². The molecule has 19 heavy (non-hydrogen) atoms. The van der Waals surface area contributed by atoms with Crippen LogP contribution in [0.25, 0.3) is 0 Å². The third-order valence-electron chi connectivity index (χ3n) is 4.63. The maximum atomic E-state index is 3.74. The second-order valence-electron chi connectivity index (χ2n) is 6.09. The predicted octanol–water partition coefficient (Wildman–Crippen LogP) is 3.59. The molecular weight excluding hydrogens is 252 g/mol. The zero-order valence-corrected chi connectivity index (χ0v) is 13.0. The van der Waals surface area contributed by atoms with Crippen molar-refractivity contribution in [3.05, 3.63) is 21.9 Å². The molecule has 2 nitrogen and oxygen atoms in total. The lowest BCUT2D eigenvalue weighted by atomic mass is 9.97. The molecule has 0 spiro atoms. The van der Waals surface area contributed by atoms with Crippen LogP contribution in [0.4, 0.5) is 0 Å². The standard InChI is InChI=1S/C16H26N2S/c1-3-4-14(11-17-13-5-6-13)18-9-7-16-15(12(18)2)8-10-19-16/h8,10,12-14,17H,3-7,9,11H2,1-2H3. The summed E-state index contributed by atoms with van der Waals surface area (Å²) in [6, 6.07) is 4.49. The molecule has 2 aliphatic rings. The SMILES string of the molecule is CCCC(CNC1CC1)N1CCc2sccc2C1C. The van der Waals surface area contributed by atoms with E-state index in [-0.39, 0.29) is 0 Å². The Balaban J connectivity index is 1.67. The molecule has 1 aromatic rings. The van der Waals surface area contributed by atoms with Crippen LogP contribution in [-0.2, 0) is 6.42 Å². The third kappa shape index (κ3) is 3.04. The molecule has 1 saturated carbocycles. The number of nitrogens with zero attached hydrogens (tertiary/aromatic N) is 1. The van der Waals surface area contributed by atoms with Crippen LogP contribution >= 0.6 is 11.3 Å². The number of fused-ring (bicyclic) bond motifs is 1. The summed E-state index contributed by atoms with van der Waals surface area (Å²) in [4.78, 5) is 4.36. The van der Waals surface area contributed by atoms with Crippen LogP contribution in [0.15, 0.2) is 11.4 Å². The van der Waals surface area contributed by atoms with Crippen LogP contribution in [-0.4, -0.2) is 30.1 Å². The molecule has 0 bridgehead atoms. The maximum absolute atomic E-state index is 3.74. The van der Waals surface area contributed by atoms with Gasteiger partial charge in [-0.15, -0.1) is 11.3 Å². The summed E-state index contributed by atoms with van der Waals surface area (Å²) in [5, 5.41) is 6.00. The zero-order valence-electron chi connectivity index (χ0n) is 12.2. The highest BCUT2D eigenvalue weighted by Crippen LogP contribution is 2.34. The third-order valence-corrected chi connectivity index (χ3v) is 5.63. The van der Waals surface area contributed by atoms with Gasteiger partial charge in [-0.1, -0.05) is 13.3 Å². The average Bonchev–Trinajstić information content (AvgIpc) is 3.11. The number of thiophene rings is 1. The van der Waals surface area contributed by atoms with Gasteiger partial charge in [0.05, 0.1) is 0 Å². The molecule has 0 amide bonds. The van der Waals surface area contributed by atoms with Gasteiger partial charge in [0.1, 0.15) is 0 Å². The summed E-state index contributed by atoms with van der Waals surface area (Å²) in [5.74, 6) is 0. The average molecular weight is 278 g/mol. The Labute approximate surface area is 121 Å². The van der Waals surface area contributed by atoms with Gasteiger partial charge in [0.25, 0.3) is 0 Å². The Kier molecular flexibility index (Phi) is 4.25. The Bertz CT molecular complexity index is 411. The molecule has 0 radical (unpaired) electrons. The second-order valence-corrected chi connectivity index (χ2v) is 7.09. The van der Waals surface area contributed by atoms with Crippen molar-refractivity contribution in [1.29, 1.82) is 0 Å². The molecule has 1 aliphatic carbocycles. The smallest absolute Gasteiger partial charge is 0.0334 e. The van der Waals surface area contributed by atoms with E-state index in [1.807, 2.05) is 11.3 Å². The van der Waals surface area contributed by atoms with Crippen molar-refractivity contribution in [2.24, 2.45) is 0 Å². The Morgan fingerprint density at radius 1 is 1.47 bits per heavy atom. The molecular formula is C16H26N2S. The molecule has 1 N–H and O–H groups in total. The van der Waals surface area contributed by atoms with Crippen molar-refractivity contribution in [3.8, 4) is 0 Å². The van der Waals surface area contributed by atoms with E-state index in [2.05, 4.69) is 35.5 Å². The molecule has 2 heterocycles. The monoisotopic (exact) mass is 278 g/mol. The van der Waals surface area contributed by atoms with E-state index in [1.165, 1.54) is 45.2 Å². The second kappa shape index (κ2) is 5.94. The molecule has 1 fully saturated rings. The van der Waals surface area contributed by atoms with E-state index < -0.39 is 0 Å². The minimum atomic E-state index is 0.604. The first-order valence-corrected chi connectivity index (χ1v) is 8.73. The quantitative estimate of drug-likeness (QED) is 0.855. The van der Waals surface area contributed by atoms with Gasteiger partial charge in [-0.2, -0.15) is 0 Å². The van der Waals surface area contributed by atoms with E-state index in [4.69, 9.17) is 0 Å². The van der Waals surface area contributed by atoms with E-state index in [0.717, 1.165) is 6.04 Å². The van der Waals surface area contributed by atoms with Gasteiger partial charge >= 0.3 is 0 Å². The summed E-state index contributed by atoms with van der Waals surface area (Å²) < 4.78 is 0. The molecule has 1 aliphatic heterocycles. The van der Waals surface area contributed by atoms with Crippen LogP contribution < -0.4 is 5.32 Å². The molecule has 3 rings (SSSR count). The van der Waals surface area contributed by atoms with Crippen molar-refractivity contribution in [2.45, 2.75) is 64.1 Å². The summed E-state index contributed by atoms with van der Waals surface area (Å²) >= 11 is 1.94.